The Balaban J connectivity index is 2.13. The Morgan fingerprint density at radius 3 is 2.67 bits per heavy atom. The fourth-order valence-corrected chi connectivity index (χ4v) is 3.16. The molecule has 0 amide bonds. The van der Waals surface area contributed by atoms with Crippen LogP contribution >= 0.6 is 27.5 Å². The zero-order valence-corrected chi connectivity index (χ0v) is 14.2. The van der Waals surface area contributed by atoms with Gasteiger partial charge in [-0.2, -0.15) is 0 Å². The van der Waals surface area contributed by atoms with Crippen molar-refractivity contribution in [3.63, 3.8) is 0 Å². The third-order valence-corrected chi connectivity index (χ3v) is 4.57. The van der Waals surface area contributed by atoms with Crippen LogP contribution in [0.3, 0.4) is 0 Å². The molecule has 0 aromatic heterocycles. The molecule has 0 aliphatic rings. The summed E-state index contributed by atoms with van der Waals surface area (Å²) in [6.45, 7) is 0.871. The normalized spacial score (nSPS) is 12.4. The van der Waals surface area contributed by atoms with Gasteiger partial charge in [-0.15, -0.1) is 0 Å². The Kier molecular flexibility index (Phi) is 6.22. The van der Waals surface area contributed by atoms with Crippen molar-refractivity contribution in [2.45, 2.75) is 12.8 Å². The average Bonchev–Trinajstić information content (AvgIpc) is 2.44. The topological polar surface area (TPSA) is 12.0 Å². The Morgan fingerprint density at radius 1 is 1.19 bits per heavy atom. The number of benzene rings is 2. The van der Waals surface area contributed by atoms with Crippen molar-refractivity contribution in [3.8, 4) is 0 Å². The van der Waals surface area contributed by atoms with E-state index in [1.807, 2.05) is 31.3 Å². The highest BCUT2D eigenvalue weighted by Gasteiger charge is 2.14. The maximum Gasteiger partial charge on any atom is 0.137 e. The first-order valence-electron chi connectivity index (χ1n) is 6.92. The van der Waals surface area contributed by atoms with Crippen LogP contribution in [0.25, 0.3) is 0 Å². The molecule has 1 atom stereocenters. The van der Waals surface area contributed by atoms with Crippen molar-refractivity contribution in [2.75, 3.05) is 13.6 Å². The molecular weight excluding hydrogens is 353 g/mol. The van der Waals surface area contributed by atoms with Crippen LogP contribution in [0.1, 0.15) is 11.1 Å². The van der Waals surface area contributed by atoms with Crippen LogP contribution in [0.5, 0.6) is 0 Å². The van der Waals surface area contributed by atoms with E-state index < -0.39 is 0 Å². The van der Waals surface area contributed by atoms with Gasteiger partial charge in [0.2, 0.25) is 0 Å². The average molecular weight is 371 g/mol. The van der Waals surface area contributed by atoms with E-state index in [0.717, 1.165) is 30.0 Å². The Bertz CT molecular complexity index is 603. The maximum atomic E-state index is 13.6. The van der Waals surface area contributed by atoms with Crippen LogP contribution in [0, 0.1) is 11.7 Å². The van der Waals surface area contributed by atoms with Crippen LogP contribution < -0.4 is 5.32 Å². The fourth-order valence-electron chi connectivity index (χ4n) is 2.52. The van der Waals surface area contributed by atoms with Gasteiger partial charge in [0, 0.05) is 5.02 Å². The molecule has 0 bridgehead atoms. The highest BCUT2D eigenvalue weighted by Crippen LogP contribution is 2.24. The lowest BCUT2D eigenvalue weighted by Gasteiger charge is -2.18. The number of halogens is 3. The second-order valence-corrected chi connectivity index (χ2v) is 6.40. The zero-order chi connectivity index (χ0) is 15.2. The van der Waals surface area contributed by atoms with Gasteiger partial charge in [-0.05, 0) is 77.6 Å². The van der Waals surface area contributed by atoms with Crippen LogP contribution in [-0.2, 0) is 12.8 Å². The molecule has 2 aromatic carbocycles. The molecular formula is C17H18BrClFN. The quantitative estimate of drug-likeness (QED) is 0.765. The summed E-state index contributed by atoms with van der Waals surface area (Å²) in [6, 6.07) is 13.1. The molecule has 0 aliphatic carbocycles. The van der Waals surface area contributed by atoms with E-state index in [1.54, 1.807) is 6.07 Å². The summed E-state index contributed by atoms with van der Waals surface area (Å²) in [6.07, 6.45) is 1.72. The van der Waals surface area contributed by atoms with Gasteiger partial charge in [-0.1, -0.05) is 35.9 Å². The predicted octanol–water partition coefficient (Wildman–Crippen LogP) is 4.86. The van der Waals surface area contributed by atoms with Crippen molar-refractivity contribution in [3.05, 3.63) is 68.9 Å². The monoisotopic (exact) mass is 369 g/mol. The molecule has 0 saturated carbocycles. The van der Waals surface area contributed by atoms with Gasteiger partial charge >= 0.3 is 0 Å². The van der Waals surface area contributed by atoms with Crippen molar-refractivity contribution in [1.29, 1.82) is 0 Å². The van der Waals surface area contributed by atoms with E-state index in [4.69, 9.17) is 11.6 Å². The Hall–Kier alpha value is -0.900. The Labute approximate surface area is 138 Å². The van der Waals surface area contributed by atoms with Gasteiger partial charge in [0.1, 0.15) is 5.82 Å². The zero-order valence-electron chi connectivity index (χ0n) is 11.9. The molecule has 0 saturated heterocycles. The van der Waals surface area contributed by atoms with Crippen LogP contribution in [-0.4, -0.2) is 13.6 Å². The van der Waals surface area contributed by atoms with E-state index >= 15 is 0 Å². The lowest BCUT2D eigenvalue weighted by molar-refractivity contribution is 0.490. The molecule has 0 heterocycles. The number of hydrogen-bond acceptors (Lipinski definition) is 1. The molecule has 1 N–H and O–H groups in total. The van der Waals surface area contributed by atoms with E-state index in [1.165, 1.54) is 11.6 Å². The number of rotatable bonds is 6. The minimum atomic E-state index is -0.210. The molecule has 0 fully saturated rings. The first-order chi connectivity index (χ1) is 10.1. The van der Waals surface area contributed by atoms with Gasteiger partial charge in [0.15, 0.2) is 0 Å². The highest BCUT2D eigenvalue weighted by atomic mass is 79.9. The minimum absolute atomic E-state index is 0.210. The standard InChI is InChI=1S/C17H18BrClFN/c1-21-11-13(8-12-4-2-6-15(19)10-12)9-14-5-3-7-16(20)17(14)18/h2-7,10,13,21H,8-9,11H2,1H3. The molecule has 0 spiro atoms. The van der Waals surface area contributed by atoms with Gasteiger partial charge < -0.3 is 5.32 Å². The molecule has 2 rings (SSSR count). The second-order valence-electron chi connectivity index (χ2n) is 5.17. The molecule has 1 nitrogen and oxygen atoms in total. The third kappa shape index (κ3) is 4.80. The van der Waals surface area contributed by atoms with Crippen LogP contribution in [0.4, 0.5) is 4.39 Å². The molecule has 21 heavy (non-hydrogen) atoms. The lowest BCUT2D eigenvalue weighted by Crippen LogP contribution is -2.23. The van der Waals surface area contributed by atoms with Crippen molar-refractivity contribution in [2.24, 2.45) is 5.92 Å². The van der Waals surface area contributed by atoms with E-state index in [-0.39, 0.29) is 5.82 Å². The van der Waals surface area contributed by atoms with Crippen molar-refractivity contribution < 1.29 is 4.39 Å². The number of nitrogens with one attached hydrogen (secondary N) is 1. The maximum absolute atomic E-state index is 13.6. The molecule has 112 valence electrons. The molecule has 0 aliphatic heterocycles. The summed E-state index contributed by atoms with van der Waals surface area (Å²) < 4.78 is 14.2. The largest absolute Gasteiger partial charge is 0.319 e. The SMILES string of the molecule is CNCC(Cc1cccc(Cl)c1)Cc1cccc(F)c1Br. The first kappa shape index (κ1) is 16.5. The van der Waals surface area contributed by atoms with Gasteiger partial charge in [-0.3, -0.25) is 0 Å². The third-order valence-electron chi connectivity index (χ3n) is 3.45. The summed E-state index contributed by atoms with van der Waals surface area (Å²) in [5.41, 5.74) is 2.20. The van der Waals surface area contributed by atoms with Gasteiger partial charge in [-0.25, -0.2) is 4.39 Å². The van der Waals surface area contributed by atoms with E-state index in [0.29, 0.717) is 10.4 Å². The summed E-state index contributed by atoms with van der Waals surface area (Å²) in [5.74, 6) is 0.171. The van der Waals surface area contributed by atoms with Crippen LogP contribution in [0.15, 0.2) is 46.9 Å². The Morgan fingerprint density at radius 2 is 1.95 bits per heavy atom. The van der Waals surface area contributed by atoms with Gasteiger partial charge in [0.25, 0.3) is 0 Å². The summed E-state index contributed by atoms with van der Waals surface area (Å²) in [7, 11) is 1.94. The smallest absolute Gasteiger partial charge is 0.137 e. The van der Waals surface area contributed by atoms with Crippen molar-refractivity contribution >= 4 is 27.5 Å². The fraction of sp³-hybridized carbons (Fsp3) is 0.294. The first-order valence-corrected chi connectivity index (χ1v) is 8.09. The van der Waals surface area contributed by atoms with Crippen LogP contribution in [0.2, 0.25) is 5.02 Å². The number of hydrogen-bond donors (Lipinski definition) is 1. The lowest BCUT2D eigenvalue weighted by atomic mass is 9.92. The molecule has 1 unspecified atom stereocenters. The predicted molar refractivity (Wildman–Crippen MR) is 90.4 cm³/mol. The second kappa shape index (κ2) is 7.92. The summed E-state index contributed by atoms with van der Waals surface area (Å²) in [4.78, 5) is 0. The summed E-state index contributed by atoms with van der Waals surface area (Å²) in [5, 5.41) is 3.97. The summed E-state index contributed by atoms with van der Waals surface area (Å²) >= 11 is 9.38. The van der Waals surface area contributed by atoms with Crippen molar-refractivity contribution in [1.82, 2.24) is 5.32 Å². The highest BCUT2D eigenvalue weighted by molar-refractivity contribution is 9.10. The minimum Gasteiger partial charge on any atom is -0.319 e. The molecule has 0 radical (unpaired) electrons. The van der Waals surface area contributed by atoms with Gasteiger partial charge in [0.05, 0.1) is 4.47 Å². The molecule has 4 heteroatoms. The molecule has 2 aromatic rings. The van der Waals surface area contributed by atoms with E-state index in [9.17, 15) is 4.39 Å². The van der Waals surface area contributed by atoms with E-state index in [2.05, 4.69) is 27.3 Å².